The maximum atomic E-state index is 12.8. The van der Waals surface area contributed by atoms with Crippen molar-refractivity contribution in [2.24, 2.45) is 0 Å². The standard InChI is InChI=1S/C23H24BrNO4/c1-4-13-25-20(15-7-11-18(12-8-15)29-14(2)3)19(22(27)23(25)28)21(26)16-5-9-17(24)10-6-16/h5-12,14,20,26H,4,13H2,1-3H3/b21-19-. The number of halogens is 1. The molecule has 2 aromatic rings. The first-order valence-corrected chi connectivity index (χ1v) is 10.4. The molecule has 152 valence electrons. The van der Waals surface area contributed by atoms with Crippen molar-refractivity contribution < 1.29 is 19.4 Å². The highest BCUT2D eigenvalue weighted by molar-refractivity contribution is 9.10. The Bertz CT molecular complexity index is 932. The predicted molar refractivity (Wildman–Crippen MR) is 116 cm³/mol. The van der Waals surface area contributed by atoms with Crippen molar-refractivity contribution in [3.63, 3.8) is 0 Å². The fourth-order valence-electron chi connectivity index (χ4n) is 3.46. The summed E-state index contributed by atoms with van der Waals surface area (Å²) in [6.45, 7) is 6.27. The lowest BCUT2D eigenvalue weighted by Gasteiger charge is -2.25. The molecule has 0 spiro atoms. The Morgan fingerprint density at radius 1 is 1.10 bits per heavy atom. The SMILES string of the molecule is CCCN1C(=O)C(=O)/C(=C(\O)c2ccc(Br)cc2)C1c1ccc(OC(C)C)cc1. The Kier molecular flexibility index (Phi) is 6.42. The van der Waals surface area contributed by atoms with Crippen LogP contribution in [0.5, 0.6) is 5.75 Å². The number of ketones is 1. The zero-order valence-corrected chi connectivity index (χ0v) is 18.3. The molecule has 5 nitrogen and oxygen atoms in total. The summed E-state index contributed by atoms with van der Waals surface area (Å²) in [4.78, 5) is 27.0. The van der Waals surface area contributed by atoms with Gasteiger partial charge in [0.1, 0.15) is 11.5 Å². The normalized spacial score (nSPS) is 18.5. The Morgan fingerprint density at radius 3 is 2.28 bits per heavy atom. The van der Waals surface area contributed by atoms with Gasteiger partial charge in [0.2, 0.25) is 0 Å². The number of hydrogen-bond acceptors (Lipinski definition) is 4. The lowest BCUT2D eigenvalue weighted by molar-refractivity contribution is -0.139. The van der Waals surface area contributed by atoms with Gasteiger partial charge in [0.05, 0.1) is 17.7 Å². The van der Waals surface area contributed by atoms with Crippen molar-refractivity contribution in [1.82, 2.24) is 4.90 Å². The number of ether oxygens (including phenoxy) is 1. The fraction of sp³-hybridized carbons (Fsp3) is 0.304. The monoisotopic (exact) mass is 457 g/mol. The second-order valence-corrected chi connectivity index (χ2v) is 8.15. The number of aliphatic hydroxyl groups is 1. The van der Waals surface area contributed by atoms with Crippen molar-refractivity contribution in [2.45, 2.75) is 39.3 Å². The van der Waals surface area contributed by atoms with Crippen LogP contribution in [-0.2, 0) is 9.59 Å². The zero-order valence-electron chi connectivity index (χ0n) is 16.7. The highest BCUT2D eigenvalue weighted by atomic mass is 79.9. The lowest BCUT2D eigenvalue weighted by Crippen LogP contribution is -2.30. The maximum absolute atomic E-state index is 12.8. The molecule has 1 aliphatic rings. The van der Waals surface area contributed by atoms with Crippen molar-refractivity contribution in [1.29, 1.82) is 0 Å². The second kappa shape index (κ2) is 8.82. The molecule has 0 bridgehead atoms. The minimum atomic E-state index is -0.661. The van der Waals surface area contributed by atoms with Gasteiger partial charge in [-0.2, -0.15) is 0 Å². The molecule has 0 aliphatic carbocycles. The number of rotatable bonds is 6. The first kappa shape index (κ1) is 21.1. The Hall–Kier alpha value is -2.60. The molecule has 0 aromatic heterocycles. The Balaban J connectivity index is 2.09. The number of Topliss-reactive ketones (excluding diaryl/α,β-unsaturated/α-hetero) is 1. The average molecular weight is 458 g/mol. The van der Waals surface area contributed by atoms with E-state index in [0.29, 0.717) is 24.3 Å². The number of likely N-dealkylation sites (tertiary alicyclic amines) is 1. The van der Waals surface area contributed by atoms with Crippen molar-refractivity contribution in [2.75, 3.05) is 6.54 Å². The van der Waals surface area contributed by atoms with E-state index in [1.165, 1.54) is 4.90 Å². The van der Waals surface area contributed by atoms with Gasteiger partial charge in [-0.1, -0.05) is 47.1 Å². The highest BCUT2D eigenvalue weighted by Gasteiger charge is 2.45. The highest BCUT2D eigenvalue weighted by Crippen LogP contribution is 2.40. The summed E-state index contributed by atoms with van der Waals surface area (Å²) in [5.41, 5.74) is 1.36. The smallest absolute Gasteiger partial charge is 0.295 e. The van der Waals surface area contributed by atoms with Crippen LogP contribution in [0.4, 0.5) is 0 Å². The van der Waals surface area contributed by atoms with E-state index in [1.807, 2.05) is 45.0 Å². The summed E-state index contributed by atoms with van der Waals surface area (Å²) >= 11 is 3.36. The van der Waals surface area contributed by atoms with E-state index in [4.69, 9.17) is 4.74 Å². The number of benzene rings is 2. The molecule has 29 heavy (non-hydrogen) atoms. The van der Waals surface area contributed by atoms with Gasteiger partial charge in [0.25, 0.3) is 11.7 Å². The van der Waals surface area contributed by atoms with E-state index in [1.54, 1.807) is 24.3 Å². The summed E-state index contributed by atoms with van der Waals surface area (Å²) in [6.07, 6.45) is 0.750. The van der Waals surface area contributed by atoms with Gasteiger partial charge >= 0.3 is 0 Å². The maximum Gasteiger partial charge on any atom is 0.295 e. The van der Waals surface area contributed by atoms with E-state index in [2.05, 4.69) is 15.9 Å². The predicted octanol–water partition coefficient (Wildman–Crippen LogP) is 5.07. The molecule has 1 atom stereocenters. The summed E-state index contributed by atoms with van der Waals surface area (Å²) in [7, 11) is 0. The number of carbonyl (C=O) groups is 2. The average Bonchev–Trinajstić information content (AvgIpc) is 2.93. The third-order valence-corrected chi connectivity index (χ3v) is 5.22. The molecule has 1 N–H and O–H groups in total. The molecule has 1 aliphatic heterocycles. The Morgan fingerprint density at radius 2 is 1.72 bits per heavy atom. The largest absolute Gasteiger partial charge is 0.507 e. The zero-order chi connectivity index (χ0) is 21.1. The van der Waals surface area contributed by atoms with Crippen LogP contribution in [0.3, 0.4) is 0 Å². The molecule has 2 aromatic carbocycles. The van der Waals surface area contributed by atoms with Gasteiger partial charge in [-0.25, -0.2) is 0 Å². The first-order valence-electron chi connectivity index (χ1n) is 9.64. The number of carbonyl (C=O) groups excluding carboxylic acids is 2. The lowest BCUT2D eigenvalue weighted by atomic mass is 9.95. The van der Waals surface area contributed by atoms with Crippen LogP contribution in [0.2, 0.25) is 0 Å². The number of aliphatic hydroxyl groups excluding tert-OH is 1. The summed E-state index contributed by atoms with van der Waals surface area (Å²) < 4.78 is 6.55. The molecule has 1 saturated heterocycles. The minimum absolute atomic E-state index is 0.0454. The van der Waals surface area contributed by atoms with Crippen LogP contribution in [-0.4, -0.2) is 34.3 Å². The molecule has 0 radical (unpaired) electrons. The summed E-state index contributed by atoms with van der Waals surface area (Å²) in [6, 6.07) is 13.7. The Labute approximate surface area is 179 Å². The number of hydrogen-bond donors (Lipinski definition) is 1. The second-order valence-electron chi connectivity index (χ2n) is 7.24. The van der Waals surface area contributed by atoms with Crippen LogP contribution in [0.15, 0.2) is 58.6 Å². The molecular formula is C23H24BrNO4. The first-order chi connectivity index (χ1) is 13.8. The molecular weight excluding hydrogens is 434 g/mol. The van der Waals surface area contributed by atoms with Gasteiger partial charge in [-0.3, -0.25) is 9.59 Å². The molecule has 3 rings (SSSR count). The van der Waals surface area contributed by atoms with Crippen molar-refractivity contribution in [3.8, 4) is 5.75 Å². The molecule has 1 unspecified atom stereocenters. The van der Waals surface area contributed by atoms with Crippen LogP contribution in [0.1, 0.15) is 44.4 Å². The molecule has 1 fully saturated rings. The summed E-state index contributed by atoms with van der Waals surface area (Å²) in [5, 5.41) is 10.9. The van der Waals surface area contributed by atoms with E-state index < -0.39 is 17.7 Å². The van der Waals surface area contributed by atoms with Crippen LogP contribution in [0, 0.1) is 0 Å². The molecule has 0 saturated carbocycles. The van der Waals surface area contributed by atoms with E-state index in [0.717, 1.165) is 10.0 Å². The van der Waals surface area contributed by atoms with Crippen LogP contribution in [0.25, 0.3) is 5.76 Å². The van der Waals surface area contributed by atoms with Gasteiger partial charge in [-0.15, -0.1) is 0 Å². The van der Waals surface area contributed by atoms with Crippen molar-refractivity contribution >= 4 is 33.4 Å². The molecule has 1 heterocycles. The number of amides is 1. The van der Waals surface area contributed by atoms with Gasteiger partial charge in [-0.05, 0) is 50.1 Å². The number of nitrogens with zero attached hydrogens (tertiary/aromatic N) is 1. The van der Waals surface area contributed by atoms with E-state index in [9.17, 15) is 14.7 Å². The topological polar surface area (TPSA) is 66.8 Å². The fourth-order valence-corrected chi connectivity index (χ4v) is 3.73. The quantitative estimate of drug-likeness (QED) is 0.373. The minimum Gasteiger partial charge on any atom is -0.507 e. The van der Waals surface area contributed by atoms with Crippen LogP contribution >= 0.6 is 15.9 Å². The van der Waals surface area contributed by atoms with Gasteiger partial charge in [0, 0.05) is 16.6 Å². The third kappa shape index (κ3) is 4.37. The van der Waals surface area contributed by atoms with Gasteiger partial charge < -0.3 is 14.7 Å². The van der Waals surface area contributed by atoms with Crippen LogP contribution < -0.4 is 4.74 Å². The third-order valence-electron chi connectivity index (χ3n) is 4.69. The van der Waals surface area contributed by atoms with Gasteiger partial charge in [0.15, 0.2) is 0 Å². The molecule has 6 heteroatoms. The van der Waals surface area contributed by atoms with Crippen molar-refractivity contribution in [3.05, 3.63) is 69.7 Å². The molecule has 1 amide bonds. The van der Waals surface area contributed by atoms with E-state index in [-0.39, 0.29) is 17.4 Å². The summed E-state index contributed by atoms with van der Waals surface area (Å²) in [5.74, 6) is -0.699. The van der Waals surface area contributed by atoms with E-state index >= 15 is 0 Å².